The molecule has 1 aromatic rings. The number of methoxy groups -OCH3 is 1. The van der Waals surface area contributed by atoms with Gasteiger partial charge in [-0.25, -0.2) is 13.6 Å². The lowest BCUT2D eigenvalue weighted by Crippen LogP contribution is -2.09. The van der Waals surface area contributed by atoms with E-state index >= 15 is 0 Å². The first-order chi connectivity index (χ1) is 7.07. The van der Waals surface area contributed by atoms with Crippen LogP contribution in [0, 0.1) is 11.6 Å². The summed E-state index contributed by atoms with van der Waals surface area (Å²) in [5.74, 6) is -4.56. The lowest BCUT2D eigenvalue weighted by molar-refractivity contribution is 0.0477. The summed E-state index contributed by atoms with van der Waals surface area (Å²) in [5.41, 5.74) is -0.841. The Hall–Kier alpha value is -1.69. The lowest BCUT2D eigenvalue weighted by atomic mass is 10.2. The summed E-state index contributed by atoms with van der Waals surface area (Å²) in [4.78, 5) is 10.6. The summed E-state index contributed by atoms with van der Waals surface area (Å²) in [7, 11) is 1.32. The summed E-state index contributed by atoms with van der Waals surface area (Å²) in [6.07, 6.45) is 0. The van der Waals surface area contributed by atoms with Crippen LogP contribution in [0.1, 0.15) is 10.4 Å². The van der Waals surface area contributed by atoms with E-state index in [2.05, 4.69) is 4.74 Å². The molecular weight excluding hydrogens is 210 g/mol. The number of ether oxygens (including phenoxy) is 2. The minimum absolute atomic E-state index is 0.245. The van der Waals surface area contributed by atoms with Crippen LogP contribution in [0.5, 0.6) is 5.75 Å². The van der Waals surface area contributed by atoms with Crippen LogP contribution in [0.4, 0.5) is 8.78 Å². The van der Waals surface area contributed by atoms with Crippen LogP contribution in [-0.2, 0) is 4.74 Å². The van der Waals surface area contributed by atoms with Crippen molar-refractivity contribution in [1.82, 2.24) is 0 Å². The molecule has 0 bridgehead atoms. The Kier molecular flexibility index (Phi) is 3.56. The maximum atomic E-state index is 13.1. The van der Waals surface area contributed by atoms with Crippen LogP contribution in [0.15, 0.2) is 12.1 Å². The van der Waals surface area contributed by atoms with E-state index in [-0.39, 0.29) is 12.5 Å². The molecule has 0 aromatic heterocycles. The van der Waals surface area contributed by atoms with Gasteiger partial charge in [-0.15, -0.1) is 0 Å². The highest BCUT2D eigenvalue weighted by Crippen LogP contribution is 2.23. The molecule has 0 aliphatic heterocycles. The lowest BCUT2D eigenvalue weighted by Gasteiger charge is -2.08. The largest absolute Gasteiger partial charge is 0.477 e. The third-order valence-electron chi connectivity index (χ3n) is 1.60. The Bertz CT molecular complexity index is 379. The third kappa shape index (κ3) is 2.41. The molecule has 6 heteroatoms. The average Bonchev–Trinajstić information content (AvgIpc) is 2.19. The molecule has 0 radical (unpaired) electrons. The molecule has 0 fully saturated rings. The molecule has 1 N–H and O–H groups in total. The van der Waals surface area contributed by atoms with Gasteiger partial charge in [-0.1, -0.05) is 0 Å². The summed E-state index contributed by atoms with van der Waals surface area (Å²) >= 11 is 0. The molecule has 1 rings (SSSR count). The minimum atomic E-state index is -1.60. The molecular formula is C9H8F2O4. The Morgan fingerprint density at radius 2 is 2.13 bits per heavy atom. The average molecular weight is 218 g/mol. The Labute approximate surface area is 84.0 Å². The first-order valence-corrected chi connectivity index (χ1v) is 3.91. The molecule has 0 aliphatic carbocycles. The van der Waals surface area contributed by atoms with Crippen molar-refractivity contribution in [1.29, 1.82) is 0 Å². The molecule has 0 unspecified atom stereocenters. The molecule has 0 saturated heterocycles. The number of aromatic carboxylic acids is 1. The molecule has 4 nitrogen and oxygen atoms in total. The van der Waals surface area contributed by atoms with E-state index in [0.29, 0.717) is 0 Å². The van der Waals surface area contributed by atoms with Crippen molar-refractivity contribution in [3.8, 4) is 5.75 Å². The van der Waals surface area contributed by atoms with Crippen LogP contribution in [0.2, 0.25) is 0 Å². The van der Waals surface area contributed by atoms with E-state index in [0.717, 1.165) is 12.1 Å². The van der Waals surface area contributed by atoms with Gasteiger partial charge in [0.2, 0.25) is 0 Å². The molecule has 0 aliphatic rings. The number of hydrogen-bond donors (Lipinski definition) is 1. The number of rotatable bonds is 4. The van der Waals surface area contributed by atoms with Gasteiger partial charge in [-0.05, 0) is 12.1 Å². The van der Waals surface area contributed by atoms with E-state index in [1.54, 1.807) is 0 Å². The third-order valence-corrected chi connectivity index (χ3v) is 1.60. The SMILES string of the molecule is COCOc1ccc(F)c(F)c1C(=O)O. The number of benzene rings is 1. The topological polar surface area (TPSA) is 55.8 Å². The van der Waals surface area contributed by atoms with Crippen molar-refractivity contribution in [2.24, 2.45) is 0 Å². The zero-order valence-electron chi connectivity index (χ0n) is 7.79. The highest BCUT2D eigenvalue weighted by molar-refractivity contribution is 5.91. The Morgan fingerprint density at radius 1 is 1.47 bits per heavy atom. The first kappa shape index (κ1) is 11.4. The fourth-order valence-corrected chi connectivity index (χ4v) is 0.975. The molecule has 15 heavy (non-hydrogen) atoms. The van der Waals surface area contributed by atoms with Crippen molar-refractivity contribution in [3.05, 3.63) is 29.3 Å². The van der Waals surface area contributed by atoms with Gasteiger partial charge in [0.15, 0.2) is 18.4 Å². The van der Waals surface area contributed by atoms with E-state index in [9.17, 15) is 13.6 Å². The van der Waals surface area contributed by atoms with Crippen molar-refractivity contribution < 1.29 is 28.2 Å². The summed E-state index contributed by atoms with van der Waals surface area (Å²) in [5, 5.41) is 8.64. The zero-order valence-corrected chi connectivity index (χ0v) is 7.79. The number of carboxylic acids is 1. The quantitative estimate of drug-likeness (QED) is 0.780. The maximum absolute atomic E-state index is 13.1. The van der Waals surface area contributed by atoms with Gasteiger partial charge in [0.1, 0.15) is 11.3 Å². The van der Waals surface area contributed by atoms with Crippen LogP contribution >= 0.6 is 0 Å². The van der Waals surface area contributed by atoms with Gasteiger partial charge in [0.05, 0.1) is 0 Å². The minimum Gasteiger partial charge on any atom is -0.477 e. The van der Waals surface area contributed by atoms with Gasteiger partial charge < -0.3 is 14.6 Å². The van der Waals surface area contributed by atoms with Crippen molar-refractivity contribution in [3.63, 3.8) is 0 Å². The summed E-state index contributed by atoms with van der Waals surface area (Å²) < 4.78 is 35.1. The molecule has 0 amide bonds. The first-order valence-electron chi connectivity index (χ1n) is 3.91. The summed E-state index contributed by atoms with van der Waals surface area (Å²) in [6.45, 7) is -0.245. The predicted octanol–water partition coefficient (Wildman–Crippen LogP) is 1.65. The zero-order chi connectivity index (χ0) is 11.4. The summed E-state index contributed by atoms with van der Waals surface area (Å²) in [6, 6.07) is 1.81. The number of carboxylic acid groups (broad SMARTS) is 1. The predicted molar refractivity (Wildman–Crippen MR) is 45.8 cm³/mol. The number of hydrogen-bond acceptors (Lipinski definition) is 3. The molecule has 0 saturated carbocycles. The second-order valence-corrected chi connectivity index (χ2v) is 2.59. The molecule has 0 spiro atoms. The van der Waals surface area contributed by atoms with E-state index in [1.165, 1.54) is 7.11 Å². The second kappa shape index (κ2) is 4.70. The van der Waals surface area contributed by atoms with Crippen molar-refractivity contribution >= 4 is 5.97 Å². The van der Waals surface area contributed by atoms with E-state index in [1.807, 2.05) is 0 Å². The van der Waals surface area contributed by atoms with Crippen molar-refractivity contribution in [2.45, 2.75) is 0 Å². The normalized spacial score (nSPS) is 10.1. The van der Waals surface area contributed by atoms with Crippen molar-refractivity contribution in [2.75, 3.05) is 13.9 Å². The highest BCUT2D eigenvalue weighted by atomic mass is 19.2. The molecule has 0 heterocycles. The van der Waals surface area contributed by atoms with Gasteiger partial charge >= 0.3 is 5.97 Å². The fourth-order valence-electron chi connectivity index (χ4n) is 0.975. The Balaban J connectivity index is 3.15. The highest BCUT2D eigenvalue weighted by Gasteiger charge is 2.20. The van der Waals surface area contributed by atoms with E-state index < -0.39 is 23.2 Å². The molecule has 82 valence electrons. The second-order valence-electron chi connectivity index (χ2n) is 2.59. The van der Waals surface area contributed by atoms with Gasteiger partial charge in [-0.2, -0.15) is 0 Å². The van der Waals surface area contributed by atoms with E-state index in [4.69, 9.17) is 9.84 Å². The maximum Gasteiger partial charge on any atom is 0.342 e. The van der Waals surface area contributed by atoms with Gasteiger partial charge in [-0.3, -0.25) is 0 Å². The molecule has 0 atom stereocenters. The van der Waals surface area contributed by atoms with Gasteiger partial charge in [0, 0.05) is 7.11 Å². The van der Waals surface area contributed by atoms with Crippen LogP contribution in [0.25, 0.3) is 0 Å². The Morgan fingerprint density at radius 3 is 2.67 bits per heavy atom. The number of halogens is 2. The fraction of sp³-hybridized carbons (Fsp3) is 0.222. The number of carbonyl (C=O) groups is 1. The smallest absolute Gasteiger partial charge is 0.342 e. The molecule has 1 aromatic carbocycles. The van der Waals surface area contributed by atoms with Crippen LogP contribution in [-0.4, -0.2) is 25.0 Å². The van der Waals surface area contributed by atoms with Crippen LogP contribution in [0.3, 0.4) is 0 Å². The van der Waals surface area contributed by atoms with Gasteiger partial charge in [0.25, 0.3) is 0 Å². The standard InChI is InChI=1S/C9H8F2O4/c1-14-4-15-6-3-2-5(10)8(11)7(6)9(12)13/h2-3H,4H2,1H3,(H,12,13). The monoisotopic (exact) mass is 218 g/mol. The van der Waals surface area contributed by atoms with Crippen LogP contribution < -0.4 is 4.74 Å².